The Labute approximate surface area is 128 Å². The normalized spacial score (nSPS) is 27.0. The zero-order valence-corrected chi connectivity index (χ0v) is 12.2. The molecule has 2 aromatic rings. The molecule has 1 saturated heterocycles. The van der Waals surface area contributed by atoms with E-state index >= 15 is 0 Å². The third-order valence-electron chi connectivity index (χ3n) is 4.93. The molecule has 2 aromatic carbocycles. The Morgan fingerprint density at radius 2 is 2.00 bits per heavy atom. The lowest BCUT2D eigenvalue weighted by molar-refractivity contribution is -0.100. The monoisotopic (exact) mass is 299 g/mol. The van der Waals surface area contributed by atoms with E-state index in [1.165, 1.54) is 6.07 Å². The summed E-state index contributed by atoms with van der Waals surface area (Å²) in [6, 6.07) is 10.2. The highest BCUT2D eigenvalue weighted by Crippen LogP contribution is 2.38. The molecule has 0 unspecified atom stereocenters. The summed E-state index contributed by atoms with van der Waals surface area (Å²) in [5, 5.41) is 4.25. The third-order valence-corrected chi connectivity index (χ3v) is 4.93. The number of amides is 1. The molecular formula is C18H18FNO2. The van der Waals surface area contributed by atoms with Crippen LogP contribution in [0.25, 0.3) is 10.8 Å². The van der Waals surface area contributed by atoms with E-state index in [1.807, 2.05) is 6.07 Å². The van der Waals surface area contributed by atoms with Gasteiger partial charge in [-0.1, -0.05) is 24.3 Å². The summed E-state index contributed by atoms with van der Waals surface area (Å²) in [4.78, 5) is 12.6. The summed E-state index contributed by atoms with van der Waals surface area (Å²) in [7, 11) is 0. The van der Waals surface area contributed by atoms with E-state index in [1.54, 1.807) is 24.3 Å². The summed E-state index contributed by atoms with van der Waals surface area (Å²) >= 11 is 0. The average molecular weight is 299 g/mol. The lowest BCUT2D eigenvalue weighted by atomic mass is 9.72. The number of halogens is 1. The highest BCUT2D eigenvalue weighted by Gasteiger charge is 2.44. The van der Waals surface area contributed by atoms with E-state index in [9.17, 15) is 9.18 Å². The van der Waals surface area contributed by atoms with Crippen molar-refractivity contribution in [1.82, 2.24) is 5.32 Å². The lowest BCUT2D eigenvalue weighted by Crippen LogP contribution is -2.57. The molecule has 1 heterocycles. The molecule has 1 aliphatic heterocycles. The van der Waals surface area contributed by atoms with Crippen molar-refractivity contribution in [2.45, 2.75) is 31.4 Å². The molecule has 114 valence electrons. The number of hydrogen-bond acceptors (Lipinski definition) is 2. The van der Waals surface area contributed by atoms with E-state index in [4.69, 9.17) is 4.74 Å². The van der Waals surface area contributed by atoms with Crippen molar-refractivity contribution < 1.29 is 13.9 Å². The largest absolute Gasteiger partial charge is 0.378 e. The van der Waals surface area contributed by atoms with Crippen LogP contribution in [0.1, 0.15) is 29.6 Å². The molecule has 1 aliphatic carbocycles. The zero-order chi connectivity index (χ0) is 15.1. The number of carbonyl (C=O) groups is 1. The Balaban J connectivity index is 1.57. The quantitative estimate of drug-likeness (QED) is 0.924. The van der Waals surface area contributed by atoms with Gasteiger partial charge >= 0.3 is 0 Å². The number of hydrogen-bond donors (Lipinski definition) is 1. The second-order valence-corrected chi connectivity index (χ2v) is 6.17. The molecular weight excluding hydrogens is 281 g/mol. The average Bonchev–Trinajstić information content (AvgIpc) is 2.53. The maximum Gasteiger partial charge on any atom is 0.252 e. The molecule has 1 saturated carbocycles. The first-order valence-corrected chi connectivity index (χ1v) is 7.84. The Hall–Kier alpha value is -1.94. The molecule has 3 atom stereocenters. The molecule has 2 aliphatic rings. The minimum Gasteiger partial charge on any atom is -0.378 e. The van der Waals surface area contributed by atoms with E-state index < -0.39 is 0 Å². The van der Waals surface area contributed by atoms with Crippen LogP contribution >= 0.6 is 0 Å². The molecule has 1 N–H and O–H groups in total. The molecule has 3 nitrogen and oxygen atoms in total. The summed E-state index contributed by atoms with van der Waals surface area (Å²) in [5.74, 6) is 0.0196. The fourth-order valence-corrected chi connectivity index (χ4v) is 3.67. The fourth-order valence-electron chi connectivity index (χ4n) is 3.67. The minimum atomic E-state index is -0.295. The predicted molar refractivity (Wildman–Crippen MR) is 82.2 cm³/mol. The molecule has 4 heteroatoms. The molecule has 0 spiro atoms. The maximum absolute atomic E-state index is 13.8. The van der Waals surface area contributed by atoms with Crippen LogP contribution in [0.4, 0.5) is 4.39 Å². The number of nitrogens with one attached hydrogen (secondary N) is 1. The Morgan fingerprint density at radius 1 is 1.18 bits per heavy atom. The zero-order valence-electron chi connectivity index (χ0n) is 12.2. The van der Waals surface area contributed by atoms with Crippen LogP contribution in [0.2, 0.25) is 0 Å². The first-order valence-electron chi connectivity index (χ1n) is 7.84. The highest BCUT2D eigenvalue weighted by atomic mass is 19.1. The third kappa shape index (κ3) is 2.18. The van der Waals surface area contributed by atoms with Crippen LogP contribution in [-0.2, 0) is 4.74 Å². The van der Waals surface area contributed by atoms with Crippen molar-refractivity contribution in [1.29, 1.82) is 0 Å². The van der Waals surface area contributed by atoms with Gasteiger partial charge in [0.25, 0.3) is 5.91 Å². The van der Waals surface area contributed by atoms with Crippen molar-refractivity contribution in [3.05, 3.63) is 47.8 Å². The van der Waals surface area contributed by atoms with Crippen LogP contribution in [0.5, 0.6) is 0 Å². The second kappa shape index (κ2) is 5.36. The maximum atomic E-state index is 13.8. The van der Waals surface area contributed by atoms with Gasteiger partial charge in [0.05, 0.1) is 6.10 Å². The van der Waals surface area contributed by atoms with Gasteiger partial charge in [0.15, 0.2) is 0 Å². The van der Waals surface area contributed by atoms with Gasteiger partial charge in [0, 0.05) is 29.5 Å². The van der Waals surface area contributed by atoms with Gasteiger partial charge in [-0.3, -0.25) is 4.79 Å². The molecule has 0 radical (unpaired) electrons. The van der Waals surface area contributed by atoms with Crippen molar-refractivity contribution in [2.75, 3.05) is 6.61 Å². The molecule has 2 fully saturated rings. The van der Waals surface area contributed by atoms with Crippen LogP contribution in [0, 0.1) is 11.7 Å². The summed E-state index contributed by atoms with van der Waals surface area (Å²) in [5.41, 5.74) is 0.539. The first kappa shape index (κ1) is 13.7. The van der Waals surface area contributed by atoms with Gasteiger partial charge in [-0.25, -0.2) is 4.39 Å². The Bertz CT molecular complexity index is 730. The van der Waals surface area contributed by atoms with Gasteiger partial charge in [0.2, 0.25) is 0 Å². The van der Waals surface area contributed by atoms with Gasteiger partial charge < -0.3 is 10.1 Å². The number of ether oxygens (including phenoxy) is 1. The van der Waals surface area contributed by atoms with Gasteiger partial charge in [-0.15, -0.1) is 0 Å². The Kier molecular flexibility index (Phi) is 3.34. The fraction of sp³-hybridized carbons (Fsp3) is 0.389. The number of carbonyl (C=O) groups excluding carboxylic acids is 1. The molecule has 0 aromatic heterocycles. The van der Waals surface area contributed by atoms with Gasteiger partial charge in [-0.2, -0.15) is 0 Å². The van der Waals surface area contributed by atoms with E-state index in [-0.39, 0.29) is 17.8 Å². The van der Waals surface area contributed by atoms with Gasteiger partial charge in [-0.05, 0) is 36.8 Å². The molecule has 4 rings (SSSR count). The van der Waals surface area contributed by atoms with E-state index in [0.717, 1.165) is 25.9 Å². The minimum absolute atomic E-state index is 0.120. The van der Waals surface area contributed by atoms with Crippen LogP contribution in [0.3, 0.4) is 0 Å². The van der Waals surface area contributed by atoms with E-state index in [0.29, 0.717) is 28.4 Å². The van der Waals surface area contributed by atoms with Crippen molar-refractivity contribution in [2.24, 2.45) is 5.92 Å². The molecule has 22 heavy (non-hydrogen) atoms. The van der Waals surface area contributed by atoms with Crippen LogP contribution in [-0.4, -0.2) is 24.7 Å². The van der Waals surface area contributed by atoms with E-state index in [2.05, 4.69) is 5.32 Å². The highest BCUT2D eigenvalue weighted by molar-refractivity contribution is 6.07. The lowest BCUT2D eigenvalue weighted by Gasteiger charge is -2.47. The number of rotatable bonds is 2. The topological polar surface area (TPSA) is 38.3 Å². The van der Waals surface area contributed by atoms with Crippen molar-refractivity contribution in [3.8, 4) is 0 Å². The second-order valence-electron chi connectivity index (χ2n) is 6.17. The summed E-state index contributed by atoms with van der Waals surface area (Å²) in [6.45, 7) is 0.838. The number of fused-ring (bicyclic) bond motifs is 2. The SMILES string of the molecule is O=C(N[C@@H]1C[C@H]2OCCC[C@H]12)c1ccc(F)c2ccccc12. The summed E-state index contributed by atoms with van der Waals surface area (Å²) < 4.78 is 19.5. The standard InChI is InChI=1S/C18H18FNO2/c19-15-8-7-13(11-4-1-2-5-12(11)15)18(21)20-16-10-17-14(16)6-3-9-22-17/h1-2,4-5,7-8,14,16-17H,3,6,9-10H2,(H,20,21)/t14-,16-,17-/m1/s1. The smallest absolute Gasteiger partial charge is 0.252 e. The van der Waals surface area contributed by atoms with Crippen molar-refractivity contribution in [3.63, 3.8) is 0 Å². The number of benzene rings is 2. The van der Waals surface area contributed by atoms with Crippen LogP contribution < -0.4 is 5.32 Å². The Morgan fingerprint density at radius 3 is 2.82 bits per heavy atom. The summed E-state index contributed by atoms with van der Waals surface area (Å²) in [6.07, 6.45) is 3.37. The predicted octanol–water partition coefficient (Wildman–Crippen LogP) is 3.28. The molecule has 0 bridgehead atoms. The van der Waals surface area contributed by atoms with Gasteiger partial charge in [0.1, 0.15) is 5.82 Å². The first-order chi connectivity index (χ1) is 10.7. The van der Waals surface area contributed by atoms with Crippen LogP contribution in [0.15, 0.2) is 36.4 Å². The molecule has 1 amide bonds. The van der Waals surface area contributed by atoms with Crippen molar-refractivity contribution >= 4 is 16.7 Å².